The van der Waals surface area contributed by atoms with Gasteiger partial charge >= 0.3 is 0 Å². The topological polar surface area (TPSA) is 62.7 Å². The minimum atomic E-state index is 0.0678. The van der Waals surface area contributed by atoms with E-state index in [9.17, 15) is 4.79 Å². The fourth-order valence-electron chi connectivity index (χ4n) is 2.63. The van der Waals surface area contributed by atoms with E-state index in [1.165, 1.54) is 25.7 Å². The van der Waals surface area contributed by atoms with Crippen molar-refractivity contribution >= 4 is 29.5 Å². The first-order valence-corrected chi connectivity index (χ1v) is 9.89. The number of unbranched alkanes of at least 4 members (excludes halogenated alkanes) is 3. The highest BCUT2D eigenvalue weighted by Crippen LogP contribution is 2.22. The van der Waals surface area contributed by atoms with Crippen LogP contribution in [-0.4, -0.2) is 26.7 Å². The third kappa shape index (κ3) is 5.56. The maximum Gasteiger partial charge on any atom is 0.222 e. The van der Waals surface area contributed by atoms with Gasteiger partial charge in [-0.05, 0) is 37.0 Å². The average Bonchev–Trinajstić information content (AvgIpc) is 3.19. The van der Waals surface area contributed by atoms with Crippen LogP contribution in [-0.2, 0) is 11.3 Å². The summed E-state index contributed by atoms with van der Waals surface area (Å²) in [6, 6.07) is 4.21. The highest BCUT2D eigenvalue weighted by molar-refractivity contribution is 7.71. The molecule has 2 N–H and O–H groups in total. The Kier molecular flexibility index (Phi) is 7.65. The van der Waals surface area contributed by atoms with Crippen LogP contribution in [0, 0.1) is 4.77 Å². The molecular formula is C17H26N4OS2. The van der Waals surface area contributed by atoms with E-state index in [4.69, 9.17) is 12.2 Å². The normalized spacial score (nSPS) is 12.2. The third-order valence-corrected chi connectivity index (χ3v) is 5.14. The van der Waals surface area contributed by atoms with Crippen LogP contribution in [0.5, 0.6) is 0 Å². The Labute approximate surface area is 152 Å². The summed E-state index contributed by atoms with van der Waals surface area (Å²) in [6.45, 7) is 4.82. The molecule has 0 fully saturated rings. The lowest BCUT2D eigenvalue weighted by molar-refractivity contribution is -0.121. The van der Waals surface area contributed by atoms with E-state index in [-0.39, 0.29) is 11.9 Å². The summed E-state index contributed by atoms with van der Waals surface area (Å²) in [5.74, 6) is 0.869. The maximum atomic E-state index is 12.2. The smallest absolute Gasteiger partial charge is 0.222 e. The molecule has 132 valence electrons. The van der Waals surface area contributed by atoms with Crippen molar-refractivity contribution in [2.24, 2.45) is 0 Å². The highest BCUT2D eigenvalue weighted by atomic mass is 32.1. The molecule has 0 aliphatic rings. The molecule has 2 heterocycles. The second-order valence-corrected chi connectivity index (χ2v) is 7.38. The van der Waals surface area contributed by atoms with Crippen LogP contribution in [0.4, 0.5) is 0 Å². The molecule has 1 amide bonds. The number of nitrogens with one attached hydrogen (secondary N) is 2. The summed E-state index contributed by atoms with van der Waals surface area (Å²) >= 11 is 6.90. The van der Waals surface area contributed by atoms with E-state index in [0.717, 1.165) is 17.1 Å². The second kappa shape index (κ2) is 9.74. The average molecular weight is 367 g/mol. The summed E-state index contributed by atoms with van der Waals surface area (Å²) < 4.78 is 2.45. The van der Waals surface area contributed by atoms with Crippen LogP contribution in [0.15, 0.2) is 17.5 Å². The summed E-state index contributed by atoms with van der Waals surface area (Å²) in [5.41, 5.74) is 0. The Balaban J connectivity index is 1.82. The van der Waals surface area contributed by atoms with Crippen LogP contribution in [0.25, 0.3) is 10.7 Å². The van der Waals surface area contributed by atoms with E-state index in [0.29, 0.717) is 17.7 Å². The SMILES string of the molecule is CCCCCCC(C)NC(=O)CCn1c(-c2cccs2)n[nH]c1=S. The predicted octanol–water partition coefficient (Wildman–Crippen LogP) is 4.53. The first-order valence-electron chi connectivity index (χ1n) is 8.60. The minimum Gasteiger partial charge on any atom is -0.354 e. The Morgan fingerprint density at radius 3 is 3.00 bits per heavy atom. The lowest BCUT2D eigenvalue weighted by atomic mass is 10.1. The van der Waals surface area contributed by atoms with Crippen molar-refractivity contribution in [3.8, 4) is 10.7 Å². The second-order valence-electron chi connectivity index (χ2n) is 6.05. The van der Waals surface area contributed by atoms with Crippen molar-refractivity contribution in [3.63, 3.8) is 0 Å². The summed E-state index contributed by atoms with van der Waals surface area (Å²) in [7, 11) is 0. The molecule has 0 spiro atoms. The lowest BCUT2D eigenvalue weighted by Crippen LogP contribution is -2.33. The van der Waals surface area contributed by atoms with Gasteiger partial charge in [-0.15, -0.1) is 11.3 Å². The number of hydrogen-bond donors (Lipinski definition) is 2. The molecule has 2 aromatic heterocycles. The molecule has 0 aromatic carbocycles. The molecule has 0 bridgehead atoms. The van der Waals surface area contributed by atoms with Gasteiger partial charge in [0.15, 0.2) is 10.6 Å². The highest BCUT2D eigenvalue weighted by Gasteiger charge is 2.12. The zero-order valence-corrected chi connectivity index (χ0v) is 16.0. The van der Waals surface area contributed by atoms with Crippen molar-refractivity contribution in [3.05, 3.63) is 22.3 Å². The molecule has 0 aliphatic heterocycles. The molecular weight excluding hydrogens is 340 g/mol. The van der Waals surface area contributed by atoms with E-state index in [1.807, 2.05) is 22.1 Å². The van der Waals surface area contributed by atoms with Gasteiger partial charge in [-0.25, -0.2) is 0 Å². The van der Waals surface area contributed by atoms with E-state index >= 15 is 0 Å². The van der Waals surface area contributed by atoms with Crippen LogP contribution in [0.3, 0.4) is 0 Å². The summed E-state index contributed by atoms with van der Waals surface area (Å²) in [5, 5.41) is 12.2. The summed E-state index contributed by atoms with van der Waals surface area (Å²) in [6.07, 6.45) is 6.36. The van der Waals surface area contributed by atoms with Crippen LogP contribution < -0.4 is 5.32 Å². The van der Waals surface area contributed by atoms with Crippen LogP contribution in [0.1, 0.15) is 52.4 Å². The number of carbonyl (C=O) groups excluding carboxylic acids is 1. The molecule has 1 atom stereocenters. The number of hydrogen-bond acceptors (Lipinski definition) is 4. The summed E-state index contributed by atoms with van der Waals surface area (Å²) in [4.78, 5) is 13.2. The zero-order chi connectivity index (χ0) is 17.4. The molecule has 5 nitrogen and oxygen atoms in total. The number of carbonyl (C=O) groups is 1. The largest absolute Gasteiger partial charge is 0.354 e. The quantitative estimate of drug-likeness (QED) is 0.479. The molecule has 0 aliphatic carbocycles. The van der Waals surface area contributed by atoms with Crippen LogP contribution in [0.2, 0.25) is 0 Å². The number of thiophene rings is 1. The Morgan fingerprint density at radius 2 is 2.29 bits per heavy atom. The van der Waals surface area contributed by atoms with Gasteiger partial charge in [0.1, 0.15) is 0 Å². The predicted molar refractivity (Wildman–Crippen MR) is 102 cm³/mol. The van der Waals surface area contributed by atoms with Crippen molar-refractivity contribution in [2.75, 3.05) is 0 Å². The van der Waals surface area contributed by atoms with Gasteiger partial charge in [0.05, 0.1) is 4.88 Å². The van der Waals surface area contributed by atoms with E-state index in [2.05, 4.69) is 29.4 Å². The number of nitrogens with zero attached hydrogens (tertiary/aromatic N) is 2. The van der Waals surface area contributed by atoms with Crippen molar-refractivity contribution < 1.29 is 4.79 Å². The van der Waals surface area contributed by atoms with E-state index in [1.54, 1.807) is 11.3 Å². The first kappa shape index (κ1) is 18.9. The fraction of sp³-hybridized carbons (Fsp3) is 0.588. The van der Waals surface area contributed by atoms with Crippen molar-refractivity contribution in [2.45, 2.75) is 65.0 Å². The lowest BCUT2D eigenvalue weighted by Gasteiger charge is -2.14. The molecule has 7 heteroatoms. The van der Waals surface area contributed by atoms with Gasteiger partial charge < -0.3 is 5.32 Å². The Morgan fingerprint density at radius 1 is 1.46 bits per heavy atom. The first-order chi connectivity index (χ1) is 11.6. The molecule has 1 unspecified atom stereocenters. The number of rotatable bonds is 10. The minimum absolute atomic E-state index is 0.0678. The molecule has 2 rings (SSSR count). The van der Waals surface area contributed by atoms with Crippen molar-refractivity contribution in [1.29, 1.82) is 0 Å². The van der Waals surface area contributed by atoms with Gasteiger partial charge in [0.2, 0.25) is 5.91 Å². The van der Waals surface area contributed by atoms with Gasteiger partial charge in [0, 0.05) is 19.0 Å². The van der Waals surface area contributed by atoms with Gasteiger partial charge in [0.25, 0.3) is 0 Å². The van der Waals surface area contributed by atoms with Crippen LogP contribution >= 0.6 is 23.6 Å². The fourth-order valence-corrected chi connectivity index (χ4v) is 3.57. The number of H-pyrrole nitrogens is 1. The molecule has 0 radical (unpaired) electrons. The monoisotopic (exact) mass is 366 g/mol. The third-order valence-electron chi connectivity index (χ3n) is 3.96. The standard InChI is InChI=1S/C17H26N4OS2/c1-3-4-5-6-8-13(2)18-15(22)10-11-21-16(19-20-17(21)23)14-9-7-12-24-14/h7,9,12-13H,3-6,8,10-11H2,1-2H3,(H,18,22)(H,20,23). The molecule has 0 saturated heterocycles. The van der Waals surface area contributed by atoms with Gasteiger partial charge in [-0.3, -0.25) is 14.5 Å². The maximum absolute atomic E-state index is 12.2. The zero-order valence-electron chi connectivity index (χ0n) is 14.4. The van der Waals surface area contributed by atoms with Gasteiger partial charge in [-0.1, -0.05) is 38.7 Å². The number of amides is 1. The van der Waals surface area contributed by atoms with Gasteiger partial charge in [-0.2, -0.15) is 5.10 Å². The van der Waals surface area contributed by atoms with E-state index < -0.39 is 0 Å². The van der Waals surface area contributed by atoms with Crippen molar-refractivity contribution in [1.82, 2.24) is 20.1 Å². The Hall–Kier alpha value is -1.47. The molecule has 24 heavy (non-hydrogen) atoms. The molecule has 0 saturated carbocycles. The number of aromatic nitrogens is 3. The Bertz CT molecular complexity index is 675. The molecule has 2 aromatic rings. The number of aromatic amines is 1.